The van der Waals surface area contributed by atoms with Crippen molar-refractivity contribution in [2.45, 2.75) is 6.16 Å². The first-order valence-corrected chi connectivity index (χ1v) is 6.40. The van der Waals surface area contributed by atoms with Crippen molar-refractivity contribution >= 4 is 19.2 Å². The van der Waals surface area contributed by atoms with Crippen LogP contribution in [0.15, 0.2) is 24.5 Å². The van der Waals surface area contributed by atoms with Gasteiger partial charge in [0.1, 0.15) is 5.65 Å². The summed E-state index contributed by atoms with van der Waals surface area (Å²) in [5, 5.41) is 8.84. The van der Waals surface area contributed by atoms with Crippen molar-refractivity contribution in [1.29, 1.82) is 0 Å². The summed E-state index contributed by atoms with van der Waals surface area (Å²) in [4.78, 5) is 32.3. The molecule has 0 bridgehead atoms. The fraction of sp³-hybridized carbons (Fsp3) is 0.111. The van der Waals surface area contributed by atoms with Crippen molar-refractivity contribution in [3.63, 3.8) is 0 Å². The second-order valence-electron chi connectivity index (χ2n) is 3.53. The largest absolute Gasteiger partial charge is 0.477 e. The molecule has 2 rings (SSSR count). The van der Waals surface area contributed by atoms with Crippen molar-refractivity contribution in [1.82, 2.24) is 9.38 Å². The first-order valence-electron chi connectivity index (χ1n) is 4.61. The number of nitrogens with zero attached hydrogens (tertiary/aromatic N) is 2. The van der Waals surface area contributed by atoms with Crippen molar-refractivity contribution < 1.29 is 24.3 Å². The van der Waals surface area contributed by atoms with E-state index in [0.717, 1.165) is 0 Å². The Morgan fingerprint density at radius 2 is 2.18 bits per heavy atom. The maximum atomic E-state index is 10.8. The van der Waals surface area contributed by atoms with Crippen molar-refractivity contribution in [3.05, 3.63) is 35.8 Å². The molecule has 0 fully saturated rings. The van der Waals surface area contributed by atoms with E-state index in [1.165, 1.54) is 28.9 Å². The molecular formula is C9H9N2O5P. The molecule has 0 aliphatic heterocycles. The molecule has 0 radical (unpaired) electrons. The van der Waals surface area contributed by atoms with Crippen molar-refractivity contribution in [2.24, 2.45) is 0 Å². The van der Waals surface area contributed by atoms with E-state index >= 15 is 0 Å². The van der Waals surface area contributed by atoms with Gasteiger partial charge < -0.3 is 14.9 Å². The van der Waals surface area contributed by atoms with E-state index in [4.69, 9.17) is 14.9 Å². The summed E-state index contributed by atoms with van der Waals surface area (Å²) < 4.78 is 12.2. The molecule has 0 spiro atoms. The zero-order valence-corrected chi connectivity index (χ0v) is 9.41. The summed E-state index contributed by atoms with van der Waals surface area (Å²) in [6.45, 7) is 0. The molecule has 17 heavy (non-hydrogen) atoms. The Balaban J connectivity index is 2.46. The Bertz CT molecular complexity index is 629. The van der Waals surface area contributed by atoms with E-state index in [1.54, 1.807) is 0 Å². The van der Waals surface area contributed by atoms with Crippen LogP contribution in [0.3, 0.4) is 0 Å². The first-order chi connectivity index (χ1) is 7.87. The standard InChI is InChI=1S/C9H9N2O5P/c12-9(13)7-4-10-8-3-6(1-2-11(7)8)5-17(14,15)16/h1-4H,5H2,(H,12,13)(H2,14,15,16). The minimum Gasteiger partial charge on any atom is -0.477 e. The number of aromatic carboxylic acids is 1. The summed E-state index contributed by atoms with van der Waals surface area (Å²) in [6, 6.07) is 2.91. The smallest absolute Gasteiger partial charge is 0.354 e. The van der Waals surface area contributed by atoms with Crippen molar-refractivity contribution in [2.75, 3.05) is 0 Å². The SMILES string of the molecule is O=C(O)c1cnc2cc(CP(=O)(O)O)ccn12. The number of aromatic nitrogens is 2. The highest BCUT2D eigenvalue weighted by Gasteiger charge is 2.16. The lowest BCUT2D eigenvalue weighted by Crippen LogP contribution is -2.01. The molecule has 0 atom stereocenters. The second kappa shape index (κ2) is 3.96. The third-order valence-electron chi connectivity index (χ3n) is 2.19. The van der Waals surface area contributed by atoms with Gasteiger partial charge in [-0.2, -0.15) is 0 Å². The summed E-state index contributed by atoms with van der Waals surface area (Å²) in [5.41, 5.74) is 0.754. The molecule has 0 saturated carbocycles. The van der Waals surface area contributed by atoms with Crippen LogP contribution in [0.25, 0.3) is 5.65 Å². The lowest BCUT2D eigenvalue weighted by molar-refractivity contribution is 0.0689. The van der Waals surface area contributed by atoms with Crippen LogP contribution in [0, 0.1) is 0 Å². The lowest BCUT2D eigenvalue weighted by Gasteiger charge is -2.04. The molecule has 3 N–H and O–H groups in total. The fourth-order valence-electron chi connectivity index (χ4n) is 1.52. The molecule has 90 valence electrons. The second-order valence-corrected chi connectivity index (χ2v) is 5.18. The molecule has 0 aliphatic carbocycles. The van der Waals surface area contributed by atoms with Gasteiger partial charge in [0, 0.05) is 6.20 Å². The minimum atomic E-state index is -4.13. The highest BCUT2D eigenvalue weighted by molar-refractivity contribution is 7.50. The topological polar surface area (TPSA) is 112 Å². The van der Waals surface area contributed by atoms with E-state index in [9.17, 15) is 9.36 Å². The quantitative estimate of drug-likeness (QED) is 0.697. The highest BCUT2D eigenvalue weighted by atomic mass is 31.2. The summed E-state index contributed by atoms with van der Waals surface area (Å²) >= 11 is 0. The van der Waals surface area contributed by atoms with Crippen LogP contribution in [0.4, 0.5) is 0 Å². The molecule has 0 aromatic carbocycles. The van der Waals surface area contributed by atoms with Crippen LogP contribution >= 0.6 is 7.60 Å². The third-order valence-corrected chi connectivity index (χ3v) is 2.96. The average Bonchev–Trinajstić information content (AvgIpc) is 2.57. The number of imidazole rings is 1. The number of carbonyl (C=O) groups is 1. The Hall–Kier alpha value is -1.69. The van der Waals surface area contributed by atoms with E-state index in [-0.39, 0.29) is 5.69 Å². The molecule has 2 heterocycles. The summed E-state index contributed by atoms with van der Waals surface area (Å²) in [7, 11) is -4.13. The van der Waals surface area contributed by atoms with Gasteiger partial charge in [-0.3, -0.25) is 8.97 Å². The lowest BCUT2D eigenvalue weighted by atomic mass is 10.3. The van der Waals surface area contributed by atoms with Crippen molar-refractivity contribution in [3.8, 4) is 0 Å². The van der Waals surface area contributed by atoms with Gasteiger partial charge in [-0.25, -0.2) is 9.78 Å². The number of carboxylic acid groups (broad SMARTS) is 1. The molecule has 0 aliphatic rings. The predicted octanol–water partition coefficient (Wildman–Crippen LogP) is 0.710. The Labute approximate surface area is 95.5 Å². The zero-order chi connectivity index (χ0) is 12.6. The molecule has 8 heteroatoms. The van der Waals surface area contributed by atoms with Gasteiger partial charge in [0.15, 0.2) is 5.69 Å². The molecular weight excluding hydrogens is 247 g/mol. The third kappa shape index (κ3) is 2.52. The maximum Gasteiger partial charge on any atom is 0.354 e. The fourth-order valence-corrected chi connectivity index (χ4v) is 2.19. The van der Waals surface area contributed by atoms with Gasteiger partial charge in [-0.05, 0) is 17.7 Å². The molecule has 2 aromatic heterocycles. The molecule has 0 unspecified atom stereocenters. The number of hydrogen-bond acceptors (Lipinski definition) is 3. The van der Waals surface area contributed by atoms with Crippen LogP contribution in [-0.2, 0) is 10.7 Å². The number of rotatable bonds is 3. The summed E-state index contributed by atoms with van der Waals surface area (Å²) in [5.74, 6) is -1.11. The predicted molar refractivity (Wildman–Crippen MR) is 57.9 cm³/mol. The Morgan fingerprint density at radius 3 is 2.76 bits per heavy atom. The minimum absolute atomic E-state index is 0.00253. The highest BCUT2D eigenvalue weighted by Crippen LogP contribution is 2.39. The van der Waals surface area contributed by atoms with Crippen LogP contribution in [0.5, 0.6) is 0 Å². The van der Waals surface area contributed by atoms with Gasteiger partial charge >= 0.3 is 13.6 Å². The van der Waals surface area contributed by atoms with Gasteiger partial charge in [0.25, 0.3) is 0 Å². The van der Waals surface area contributed by atoms with Gasteiger partial charge in [0.2, 0.25) is 0 Å². The average molecular weight is 256 g/mol. The van der Waals surface area contributed by atoms with Crippen LogP contribution in [0.1, 0.15) is 16.1 Å². The van der Waals surface area contributed by atoms with E-state index < -0.39 is 19.7 Å². The maximum absolute atomic E-state index is 10.8. The summed E-state index contributed by atoms with van der Waals surface area (Å²) in [6.07, 6.45) is 2.23. The normalized spacial score (nSPS) is 11.9. The monoisotopic (exact) mass is 256 g/mol. The molecule has 0 amide bonds. The van der Waals surface area contributed by atoms with E-state index in [1.807, 2.05) is 0 Å². The van der Waals surface area contributed by atoms with E-state index in [0.29, 0.717) is 11.2 Å². The van der Waals surface area contributed by atoms with Crippen LogP contribution in [0.2, 0.25) is 0 Å². The zero-order valence-electron chi connectivity index (χ0n) is 8.52. The molecule has 0 saturated heterocycles. The Kier molecular flexibility index (Phi) is 2.74. The number of pyridine rings is 1. The van der Waals surface area contributed by atoms with Gasteiger partial charge in [0.05, 0.1) is 12.4 Å². The Morgan fingerprint density at radius 1 is 1.47 bits per heavy atom. The number of fused-ring (bicyclic) bond motifs is 1. The van der Waals surface area contributed by atoms with Gasteiger partial charge in [-0.15, -0.1) is 0 Å². The first kappa shape index (κ1) is 11.8. The molecule has 7 nitrogen and oxygen atoms in total. The number of carboxylic acids is 1. The van der Waals surface area contributed by atoms with Gasteiger partial charge in [-0.1, -0.05) is 0 Å². The molecule has 2 aromatic rings. The van der Waals surface area contributed by atoms with Crippen LogP contribution < -0.4 is 0 Å². The number of hydrogen-bond donors (Lipinski definition) is 3. The van der Waals surface area contributed by atoms with Crippen LogP contribution in [-0.4, -0.2) is 30.2 Å². The van der Waals surface area contributed by atoms with E-state index in [2.05, 4.69) is 4.98 Å².